The van der Waals surface area contributed by atoms with Gasteiger partial charge in [0.2, 0.25) is 0 Å². The maximum atomic E-state index is 13.0. The number of rotatable bonds is 2. The van der Waals surface area contributed by atoms with Crippen molar-refractivity contribution >= 4 is 16.6 Å². The van der Waals surface area contributed by atoms with Crippen molar-refractivity contribution in [1.82, 2.24) is 20.3 Å². The first-order valence-corrected chi connectivity index (χ1v) is 10.7. The molecule has 160 valence electrons. The molecular formula is C23H25FN6O. The Hall–Kier alpha value is -3.31. The van der Waals surface area contributed by atoms with Gasteiger partial charge in [0.15, 0.2) is 5.69 Å². The van der Waals surface area contributed by atoms with Crippen molar-refractivity contribution in [2.45, 2.75) is 31.6 Å². The van der Waals surface area contributed by atoms with Crippen LogP contribution < -0.4 is 15.8 Å². The van der Waals surface area contributed by atoms with Crippen LogP contribution in [0.1, 0.15) is 43.1 Å². The predicted octanol–water partition coefficient (Wildman–Crippen LogP) is 3.08. The molecule has 3 aromatic rings. The van der Waals surface area contributed by atoms with Crippen molar-refractivity contribution in [1.29, 1.82) is 5.26 Å². The van der Waals surface area contributed by atoms with E-state index < -0.39 is 5.82 Å². The minimum Gasteiger partial charge on any atom is -0.367 e. The number of piperazine rings is 1. The number of anilines is 1. The first-order chi connectivity index (χ1) is 15.2. The van der Waals surface area contributed by atoms with Gasteiger partial charge in [-0.2, -0.15) is 5.26 Å². The highest BCUT2D eigenvalue weighted by molar-refractivity contribution is 5.77. The molecule has 31 heavy (non-hydrogen) atoms. The molecule has 1 saturated heterocycles. The highest BCUT2D eigenvalue weighted by atomic mass is 19.1. The standard InChI is InChI=1S/C13H13FN2O.C10H12N4/c14-9-5-6-11-10(7-9)13(17)16-12(15-11)8-3-1-2-4-8;11-8-9-10(2-1-3-13-9)14-6-4-12-5-7-14/h5-8H,1-4H2,(H,15,16,17);1-3,12H,4-7H2. The van der Waals surface area contributed by atoms with Crippen LogP contribution in [0.15, 0.2) is 41.3 Å². The highest BCUT2D eigenvalue weighted by Crippen LogP contribution is 2.32. The van der Waals surface area contributed by atoms with E-state index in [2.05, 4.69) is 31.2 Å². The number of fused-ring (bicyclic) bond motifs is 1. The predicted molar refractivity (Wildman–Crippen MR) is 118 cm³/mol. The second-order valence-corrected chi connectivity index (χ2v) is 7.81. The molecule has 0 radical (unpaired) electrons. The summed E-state index contributed by atoms with van der Waals surface area (Å²) in [7, 11) is 0. The minimum absolute atomic E-state index is 0.239. The van der Waals surface area contributed by atoms with Crippen LogP contribution in [0.2, 0.25) is 0 Å². The molecule has 2 N–H and O–H groups in total. The molecule has 7 nitrogen and oxygen atoms in total. The van der Waals surface area contributed by atoms with Crippen molar-refractivity contribution in [3.8, 4) is 6.07 Å². The normalized spacial score (nSPS) is 16.6. The number of hydrogen-bond donors (Lipinski definition) is 2. The highest BCUT2D eigenvalue weighted by Gasteiger charge is 2.20. The Bertz CT molecular complexity index is 1140. The van der Waals surface area contributed by atoms with E-state index in [4.69, 9.17) is 5.26 Å². The van der Waals surface area contributed by atoms with Crippen molar-refractivity contribution in [3.05, 3.63) is 64.2 Å². The Morgan fingerprint density at radius 3 is 2.68 bits per heavy atom. The SMILES string of the molecule is N#Cc1ncccc1N1CCNCC1.O=c1[nH]c(C2CCCC2)nc2ccc(F)cc12. The Kier molecular flexibility index (Phi) is 6.53. The van der Waals surface area contributed by atoms with Crippen LogP contribution in [0, 0.1) is 17.1 Å². The second-order valence-electron chi connectivity index (χ2n) is 7.81. The fraction of sp³-hybridized carbons (Fsp3) is 0.391. The molecule has 0 unspecified atom stereocenters. The number of nitrogens with one attached hydrogen (secondary N) is 2. The van der Waals surface area contributed by atoms with Crippen molar-refractivity contribution < 1.29 is 4.39 Å². The third-order valence-electron chi connectivity index (χ3n) is 5.78. The number of aromatic amines is 1. The number of hydrogen-bond acceptors (Lipinski definition) is 6. The molecule has 8 heteroatoms. The van der Waals surface area contributed by atoms with Crippen molar-refractivity contribution in [3.63, 3.8) is 0 Å². The number of benzene rings is 1. The molecular weight excluding hydrogens is 395 g/mol. The van der Waals surface area contributed by atoms with Crippen molar-refractivity contribution in [2.75, 3.05) is 31.1 Å². The molecule has 1 aliphatic carbocycles. The molecule has 0 bridgehead atoms. The van der Waals surface area contributed by atoms with Crippen LogP contribution in [0.5, 0.6) is 0 Å². The average Bonchev–Trinajstić information content (AvgIpc) is 3.35. The van der Waals surface area contributed by atoms with Gasteiger partial charge in [-0.15, -0.1) is 0 Å². The van der Waals surface area contributed by atoms with Gasteiger partial charge in [-0.25, -0.2) is 14.4 Å². The summed E-state index contributed by atoms with van der Waals surface area (Å²) in [6, 6.07) is 10.1. The zero-order chi connectivity index (χ0) is 21.6. The minimum atomic E-state index is -0.404. The smallest absolute Gasteiger partial charge is 0.258 e. The lowest BCUT2D eigenvalue weighted by atomic mass is 10.1. The van der Waals surface area contributed by atoms with E-state index in [1.807, 2.05) is 12.1 Å². The first-order valence-electron chi connectivity index (χ1n) is 10.7. The quantitative estimate of drug-likeness (QED) is 0.661. The van der Waals surface area contributed by atoms with Crippen LogP contribution in [0.3, 0.4) is 0 Å². The Morgan fingerprint density at radius 1 is 1.16 bits per heavy atom. The van der Waals surface area contributed by atoms with Gasteiger partial charge < -0.3 is 15.2 Å². The van der Waals surface area contributed by atoms with Gasteiger partial charge in [0, 0.05) is 38.3 Å². The first kappa shape index (κ1) is 20.9. The van der Waals surface area contributed by atoms with Crippen molar-refractivity contribution in [2.24, 2.45) is 0 Å². The topological polar surface area (TPSA) is 97.7 Å². The number of pyridine rings is 1. The van der Waals surface area contributed by atoms with E-state index in [1.165, 1.54) is 25.0 Å². The molecule has 2 aromatic heterocycles. The second kappa shape index (κ2) is 9.67. The molecule has 1 aliphatic heterocycles. The lowest BCUT2D eigenvalue weighted by molar-refractivity contribution is 0.588. The molecule has 1 aromatic carbocycles. The van der Waals surface area contributed by atoms with Gasteiger partial charge in [-0.3, -0.25) is 4.79 Å². The zero-order valence-corrected chi connectivity index (χ0v) is 17.3. The van der Waals surface area contributed by atoms with E-state index in [0.717, 1.165) is 50.5 Å². The Labute approximate surface area is 180 Å². The summed E-state index contributed by atoms with van der Waals surface area (Å²) in [4.78, 5) is 25.3. The third-order valence-corrected chi connectivity index (χ3v) is 5.78. The van der Waals surface area contributed by atoms with Crippen LogP contribution >= 0.6 is 0 Å². The maximum Gasteiger partial charge on any atom is 0.258 e. The number of nitrogens with zero attached hydrogens (tertiary/aromatic N) is 4. The summed E-state index contributed by atoms with van der Waals surface area (Å²) in [5.41, 5.74) is 1.82. The monoisotopic (exact) mass is 420 g/mol. The van der Waals surface area contributed by atoms with Crippen LogP contribution in [-0.2, 0) is 0 Å². The van der Waals surface area contributed by atoms with Gasteiger partial charge in [-0.1, -0.05) is 12.8 Å². The fourth-order valence-electron chi connectivity index (χ4n) is 4.17. The van der Waals surface area contributed by atoms with Gasteiger partial charge in [0.1, 0.15) is 17.7 Å². The fourth-order valence-corrected chi connectivity index (χ4v) is 4.17. The molecule has 0 amide bonds. The van der Waals surface area contributed by atoms with E-state index in [9.17, 15) is 9.18 Å². The summed E-state index contributed by atoms with van der Waals surface area (Å²) in [5, 5.41) is 12.5. The summed E-state index contributed by atoms with van der Waals surface area (Å²) in [6.45, 7) is 3.83. The molecule has 2 fully saturated rings. The maximum absolute atomic E-state index is 13.0. The number of H-pyrrole nitrogens is 1. The summed E-state index contributed by atoms with van der Waals surface area (Å²) in [5.74, 6) is 0.710. The van der Waals surface area contributed by atoms with Gasteiger partial charge in [-0.05, 0) is 43.2 Å². The lowest BCUT2D eigenvalue weighted by Crippen LogP contribution is -2.43. The Morgan fingerprint density at radius 2 is 1.94 bits per heavy atom. The molecule has 1 saturated carbocycles. The molecule has 3 heterocycles. The summed E-state index contributed by atoms with van der Waals surface area (Å²) >= 11 is 0. The lowest BCUT2D eigenvalue weighted by Gasteiger charge is -2.29. The van der Waals surface area contributed by atoms with Crippen LogP contribution in [0.4, 0.5) is 10.1 Å². The van der Waals surface area contributed by atoms with E-state index >= 15 is 0 Å². The molecule has 5 rings (SSSR count). The van der Waals surface area contributed by atoms with E-state index in [0.29, 0.717) is 22.5 Å². The number of halogens is 1. The van der Waals surface area contributed by atoms with E-state index in [1.54, 1.807) is 12.3 Å². The summed E-state index contributed by atoms with van der Waals surface area (Å²) < 4.78 is 13.0. The van der Waals surface area contributed by atoms with E-state index in [-0.39, 0.29) is 5.56 Å². The molecule has 2 aliphatic rings. The zero-order valence-electron chi connectivity index (χ0n) is 17.3. The third kappa shape index (κ3) is 4.89. The largest absolute Gasteiger partial charge is 0.367 e. The molecule has 0 atom stereocenters. The Balaban J connectivity index is 0.000000152. The van der Waals surface area contributed by atoms with Gasteiger partial charge >= 0.3 is 0 Å². The summed E-state index contributed by atoms with van der Waals surface area (Å²) in [6.07, 6.45) is 6.20. The number of aromatic nitrogens is 3. The van der Waals surface area contributed by atoms with Gasteiger partial charge in [0.05, 0.1) is 16.6 Å². The van der Waals surface area contributed by atoms with Gasteiger partial charge in [0.25, 0.3) is 5.56 Å². The van der Waals surface area contributed by atoms with Crippen LogP contribution in [0.25, 0.3) is 10.9 Å². The van der Waals surface area contributed by atoms with Crippen LogP contribution in [-0.4, -0.2) is 41.1 Å². The average molecular weight is 420 g/mol. The number of nitriles is 1. The molecule has 0 spiro atoms.